The van der Waals surface area contributed by atoms with Crippen molar-refractivity contribution in [3.05, 3.63) is 60.3 Å². The van der Waals surface area contributed by atoms with Crippen LogP contribution in [0.3, 0.4) is 0 Å². The van der Waals surface area contributed by atoms with Crippen molar-refractivity contribution >= 4 is 20.7 Å². The molecule has 0 amide bonds. The summed E-state index contributed by atoms with van der Waals surface area (Å²) in [5.41, 5.74) is 3.51. The summed E-state index contributed by atoms with van der Waals surface area (Å²) in [7, 11) is -3.09. The summed E-state index contributed by atoms with van der Waals surface area (Å²) < 4.78 is 23.5. The lowest BCUT2D eigenvalue weighted by Crippen LogP contribution is -2.18. The number of benzene rings is 2. The van der Waals surface area contributed by atoms with Crippen molar-refractivity contribution in [1.29, 1.82) is 0 Å². The fourth-order valence-corrected chi connectivity index (χ4v) is 3.24. The molecule has 1 unspecified atom stereocenters. The second-order valence-electron chi connectivity index (χ2n) is 6.11. The van der Waals surface area contributed by atoms with E-state index in [1.165, 1.54) is 6.26 Å². The zero-order valence-electron chi connectivity index (χ0n) is 13.6. The third-order valence-corrected chi connectivity index (χ3v) is 5.80. The predicted octanol–water partition coefficient (Wildman–Crippen LogP) is 3.58. The van der Waals surface area contributed by atoms with Gasteiger partial charge in [0.2, 0.25) is 0 Å². The summed E-state index contributed by atoms with van der Waals surface area (Å²) in [5.74, 6) is 0.187. The first-order chi connectivity index (χ1) is 11.3. The molecule has 1 heterocycles. The Morgan fingerprint density at radius 3 is 2.62 bits per heavy atom. The van der Waals surface area contributed by atoms with Gasteiger partial charge in [-0.3, -0.25) is 4.98 Å². The normalized spacial score (nSPS) is 13.1. The summed E-state index contributed by atoms with van der Waals surface area (Å²) in [6.45, 7) is 1.72. The molecule has 0 aliphatic rings. The van der Waals surface area contributed by atoms with Crippen LogP contribution in [-0.2, 0) is 16.3 Å². The van der Waals surface area contributed by atoms with Gasteiger partial charge in [-0.1, -0.05) is 18.2 Å². The van der Waals surface area contributed by atoms with Crippen molar-refractivity contribution in [2.24, 2.45) is 0 Å². The summed E-state index contributed by atoms with van der Waals surface area (Å²) in [6, 6.07) is 14.8. The lowest BCUT2D eigenvalue weighted by molar-refractivity contribution is 0.475. The van der Waals surface area contributed by atoms with Crippen LogP contribution in [0.1, 0.15) is 12.5 Å². The molecule has 0 fully saturated rings. The SMILES string of the molecule is CC(Cc1cc(-c2cccc(O)c2)c2ncccc2c1)S(C)(=O)=O. The molecule has 1 aromatic heterocycles. The Bertz CT molecular complexity index is 996. The maximum atomic E-state index is 11.8. The molecule has 5 heteroatoms. The molecular weight excluding hydrogens is 322 g/mol. The van der Waals surface area contributed by atoms with Crippen LogP contribution < -0.4 is 0 Å². The fraction of sp³-hybridized carbons (Fsp3) is 0.211. The van der Waals surface area contributed by atoms with E-state index in [2.05, 4.69) is 4.98 Å². The molecular formula is C19H19NO3S. The van der Waals surface area contributed by atoms with E-state index in [4.69, 9.17) is 0 Å². The largest absolute Gasteiger partial charge is 0.508 e. The number of pyridine rings is 1. The van der Waals surface area contributed by atoms with Crippen LogP contribution in [0.25, 0.3) is 22.0 Å². The van der Waals surface area contributed by atoms with E-state index in [0.29, 0.717) is 6.42 Å². The topological polar surface area (TPSA) is 67.3 Å². The quantitative estimate of drug-likeness (QED) is 0.787. The van der Waals surface area contributed by atoms with E-state index < -0.39 is 15.1 Å². The minimum absolute atomic E-state index is 0.187. The van der Waals surface area contributed by atoms with Gasteiger partial charge in [-0.2, -0.15) is 0 Å². The van der Waals surface area contributed by atoms with Crippen molar-refractivity contribution < 1.29 is 13.5 Å². The number of sulfone groups is 1. The minimum atomic E-state index is -3.09. The monoisotopic (exact) mass is 341 g/mol. The van der Waals surface area contributed by atoms with Crippen molar-refractivity contribution in [3.63, 3.8) is 0 Å². The number of aromatic hydroxyl groups is 1. The second kappa shape index (κ2) is 6.24. The molecule has 0 saturated heterocycles. The van der Waals surface area contributed by atoms with E-state index in [0.717, 1.165) is 27.6 Å². The number of aromatic nitrogens is 1. The Labute approximate surface area is 141 Å². The maximum absolute atomic E-state index is 11.8. The van der Waals surface area contributed by atoms with E-state index in [9.17, 15) is 13.5 Å². The summed E-state index contributed by atoms with van der Waals surface area (Å²) in [5, 5.41) is 10.3. The average molecular weight is 341 g/mol. The van der Waals surface area contributed by atoms with Gasteiger partial charge in [-0.15, -0.1) is 0 Å². The molecule has 124 valence electrons. The van der Waals surface area contributed by atoms with Crippen LogP contribution in [0, 0.1) is 0 Å². The zero-order valence-corrected chi connectivity index (χ0v) is 14.4. The molecule has 3 rings (SSSR count). The van der Waals surface area contributed by atoms with Crippen molar-refractivity contribution in [2.45, 2.75) is 18.6 Å². The predicted molar refractivity (Wildman–Crippen MR) is 96.9 cm³/mol. The maximum Gasteiger partial charge on any atom is 0.150 e. The van der Waals surface area contributed by atoms with Gasteiger partial charge in [0.05, 0.1) is 10.8 Å². The van der Waals surface area contributed by atoms with Gasteiger partial charge in [0.1, 0.15) is 15.6 Å². The lowest BCUT2D eigenvalue weighted by atomic mass is 9.97. The highest BCUT2D eigenvalue weighted by Gasteiger charge is 2.17. The van der Waals surface area contributed by atoms with E-state index in [1.54, 1.807) is 31.3 Å². The zero-order chi connectivity index (χ0) is 17.3. The standard InChI is InChI=1S/C19H19NO3S/c1-13(24(2,22)23)9-14-10-16-6-4-8-20-19(16)18(11-14)15-5-3-7-17(21)12-15/h3-8,10-13,21H,9H2,1-2H3. The van der Waals surface area contributed by atoms with Crippen LogP contribution >= 0.6 is 0 Å². The van der Waals surface area contributed by atoms with E-state index in [-0.39, 0.29) is 5.75 Å². The van der Waals surface area contributed by atoms with Gasteiger partial charge in [0, 0.05) is 23.4 Å². The van der Waals surface area contributed by atoms with Gasteiger partial charge in [-0.25, -0.2) is 8.42 Å². The molecule has 0 aliphatic heterocycles. The summed E-state index contributed by atoms with van der Waals surface area (Å²) in [4.78, 5) is 4.46. The highest BCUT2D eigenvalue weighted by atomic mass is 32.2. The lowest BCUT2D eigenvalue weighted by Gasteiger charge is -2.13. The Balaban J connectivity index is 2.17. The molecule has 2 aromatic carbocycles. The first-order valence-corrected chi connectivity index (χ1v) is 9.66. The third-order valence-electron chi connectivity index (χ3n) is 4.18. The minimum Gasteiger partial charge on any atom is -0.508 e. The highest BCUT2D eigenvalue weighted by molar-refractivity contribution is 7.91. The molecule has 0 bridgehead atoms. The van der Waals surface area contributed by atoms with Crippen LogP contribution in [-0.4, -0.2) is 30.0 Å². The van der Waals surface area contributed by atoms with Gasteiger partial charge >= 0.3 is 0 Å². The molecule has 1 N–H and O–H groups in total. The molecule has 0 spiro atoms. The summed E-state index contributed by atoms with van der Waals surface area (Å²) >= 11 is 0. The smallest absolute Gasteiger partial charge is 0.150 e. The molecule has 0 radical (unpaired) electrons. The third kappa shape index (κ3) is 3.41. The first kappa shape index (κ1) is 16.5. The molecule has 0 saturated carbocycles. The van der Waals surface area contributed by atoms with Crippen LogP contribution in [0.5, 0.6) is 5.75 Å². The van der Waals surface area contributed by atoms with Crippen molar-refractivity contribution in [3.8, 4) is 16.9 Å². The summed E-state index contributed by atoms with van der Waals surface area (Å²) in [6.07, 6.45) is 3.43. The van der Waals surface area contributed by atoms with Gasteiger partial charge in [0.25, 0.3) is 0 Å². The number of hydrogen-bond donors (Lipinski definition) is 1. The number of hydrogen-bond acceptors (Lipinski definition) is 4. The van der Waals surface area contributed by atoms with Crippen LogP contribution in [0.4, 0.5) is 0 Å². The Morgan fingerprint density at radius 1 is 1.12 bits per heavy atom. The molecule has 1 atom stereocenters. The number of rotatable bonds is 4. The van der Waals surface area contributed by atoms with E-state index >= 15 is 0 Å². The van der Waals surface area contributed by atoms with Crippen LogP contribution in [0.15, 0.2) is 54.7 Å². The number of nitrogens with zero attached hydrogens (tertiary/aromatic N) is 1. The van der Waals surface area contributed by atoms with Gasteiger partial charge in [-0.05, 0) is 54.8 Å². The molecule has 24 heavy (non-hydrogen) atoms. The molecule has 3 aromatic rings. The molecule has 4 nitrogen and oxygen atoms in total. The van der Waals surface area contributed by atoms with Crippen molar-refractivity contribution in [1.82, 2.24) is 4.98 Å². The van der Waals surface area contributed by atoms with Crippen LogP contribution in [0.2, 0.25) is 0 Å². The number of phenolic OH excluding ortho intramolecular Hbond substituents is 1. The number of phenols is 1. The van der Waals surface area contributed by atoms with E-state index in [1.807, 2.05) is 30.3 Å². The van der Waals surface area contributed by atoms with Crippen molar-refractivity contribution in [2.75, 3.05) is 6.26 Å². The fourth-order valence-electron chi connectivity index (χ4n) is 2.75. The molecule has 0 aliphatic carbocycles. The number of fused-ring (bicyclic) bond motifs is 1. The van der Waals surface area contributed by atoms with Gasteiger partial charge in [0.15, 0.2) is 0 Å². The Morgan fingerprint density at radius 2 is 1.92 bits per heavy atom. The van der Waals surface area contributed by atoms with Gasteiger partial charge < -0.3 is 5.11 Å². The second-order valence-corrected chi connectivity index (χ2v) is 8.58. The Hall–Kier alpha value is -2.40. The Kier molecular flexibility index (Phi) is 4.28. The first-order valence-electron chi connectivity index (χ1n) is 7.70. The highest BCUT2D eigenvalue weighted by Crippen LogP contribution is 2.31. The average Bonchev–Trinajstić information content (AvgIpc) is 2.53.